The number of rotatable bonds is 4. The summed E-state index contributed by atoms with van der Waals surface area (Å²) in [6, 6.07) is 0. The summed E-state index contributed by atoms with van der Waals surface area (Å²) in [6.45, 7) is 0.744. The van der Waals surface area contributed by atoms with E-state index in [0.29, 0.717) is 0 Å². The molecule has 0 saturated carbocycles. The molecule has 25 heavy (non-hydrogen) atoms. The highest BCUT2D eigenvalue weighted by Gasteiger charge is 2.46. The van der Waals surface area contributed by atoms with Crippen molar-refractivity contribution in [1.29, 1.82) is 0 Å². The van der Waals surface area contributed by atoms with Crippen LogP contribution < -0.4 is 10.2 Å². The lowest BCUT2D eigenvalue weighted by Gasteiger charge is -2.23. The molecule has 0 saturated heterocycles. The fourth-order valence-corrected chi connectivity index (χ4v) is 3.08. The van der Waals surface area contributed by atoms with Crippen molar-refractivity contribution in [3.8, 4) is 0 Å². The Labute approximate surface area is 134 Å². The van der Waals surface area contributed by atoms with E-state index in [4.69, 9.17) is 0 Å². The van der Waals surface area contributed by atoms with Crippen LogP contribution in [0.1, 0.15) is 39.0 Å². The third-order valence-corrected chi connectivity index (χ3v) is 4.58. The SMILES string of the molecule is CCS(=O)(=O)c1c(C(=O)[O-])c(C(F)(F)F)nc(C(F)(F)F)c1C(=O)[O-]. The molecule has 0 N–H and O–H groups in total. The van der Waals surface area contributed by atoms with E-state index in [0.717, 1.165) is 6.92 Å². The maximum absolute atomic E-state index is 12.9. The normalized spacial score (nSPS) is 12.9. The highest BCUT2D eigenvalue weighted by Crippen LogP contribution is 2.40. The molecule has 0 fully saturated rings. The summed E-state index contributed by atoms with van der Waals surface area (Å²) < 4.78 is 101. The minimum absolute atomic E-state index is 0.744. The van der Waals surface area contributed by atoms with Gasteiger partial charge in [0.25, 0.3) is 0 Å². The van der Waals surface area contributed by atoms with E-state index < -0.39 is 67.3 Å². The summed E-state index contributed by atoms with van der Waals surface area (Å²) in [7, 11) is -5.20. The Morgan fingerprint density at radius 1 is 0.920 bits per heavy atom. The molecule has 0 atom stereocenters. The molecule has 14 heteroatoms. The van der Waals surface area contributed by atoms with E-state index in [1.807, 2.05) is 4.98 Å². The second-order valence-electron chi connectivity index (χ2n) is 4.36. The van der Waals surface area contributed by atoms with Crippen LogP contribution in [0.4, 0.5) is 26.3 Å². The third kappa shape index (κ3) is 3.83. The van der Waals surface area contributed by atoms with Crippen molar-refractivity contribution in [3.05, 3.63) is 22.5 Å². The van der Waals surface area contributed by atoms with Crippen LogP contribution in [-0.2, 0) is 22.2 Å². The summed E-state index contributed by atoms with van der Waals surface area (Å²) in [5.41, 5.74) is -10.2. The fraction of sp³-hybridized carbons (Fsp3) is 0.364. The Morgan fingerprint density at radius 2 is 1.24 bits per heavy atom. The highest BCUT2D eigenvalue weighted by atomic mass is 32.2. The van der Waals surface area contributed by atoms with E-state index in [9.17, 15) is 54.6 Å². The number of carbonyl (C=O) groups is 2. The monoisotopic (exact) mass is 393 g/mol. The number of hydrogen-bond acceptors (Lipinski definition) is 7. The molecule has 0 radical (unpaired) electrons. The number of nitrogens with zero attached hydrogens (tertiary/aromatic N) is 1. The first-order valence-corrected chi connectivity index (χ1v) is 7.58. The van der Waals surface area contributed by atoms with Crippen molar-refractivity contribution < 1.29 is 54.6 Å². The maximum Gasteiger partial charge on any atom is 0.434 e. The molecular formula is C11H5F6NO6S-2. The Bertz CT molecular complexity index is 792. The summed E-state index contributed by atoms with van der Waals surface area (Å²) >= 11 is 0. The summed E-state index contributed by atoms with van der Waals surface area (Å²) in [5, 5.41) is 22.0. The number of alkyl halides is 6. The van der Waals surface area contributed by atoms with Crippen LogP contribution in [0.2, 0.25) is 0 Å². The predicted octanol–water partition coefficient (Wildman–Crippen LogP) is -0.360. The van der Waals surface area contributed by atoms with Gasteiger partial charge in [-0.3, -0.25) is 0 Å². The van der Waals surface area contributed by atoms with Crippen molar-refractivity contribution in [1.82, 2.24) is 4.98 Å². The van der Waals surface area contributed by atoms with Crippen LogP contribution in [0.15, 0.2) is 4.90 Å². The molecule has 0 aliphatic heterocycles. The minimum atomic E-state index is -5.85. The van der Waals surface area contributed by atoms with Gasteiger partial charge in [0.2, 0.25) is 0 Å². The van der Waals surface area contributed by atoms with E-state index in [-0.39, 0.29) is 0 Å². The Hall–Kier alpha value is -2.38. The Kier molecular flexibility index (Phi) is 5.09. The molecule has 0 spiro atoms. The van der Waals surface area contributed by atoms with Gasteiger partial charge in [-0.15, -0.1) is 0 Å². The summed E-state index contributed by atoms with van der Waals surface area (Å²) in [5.74, 6) is -6.95. The molecular weight excluding hydrogens is 388 g/mol. The van der Waals surface area contributed by atoms with Crippen molar-refractivity contribution in [3.63, 3.8) is 0 Å². The van der Waals surface area contributed by atoms with E-state index in [2.05, 4.69) is 0 Å². The lowest BCUT2D eigenvalue weighted by atomic mass is 10.1. The highest BCUT2D eigenvalue weighted by molar-refractivity contribution is 7.91. The van der Waals surface area contributed by atoms with Crippen molar-refractivity contribution in [2.45, 2.75) is 24.2 Å². The molecule has 0 amide bonds. The summed E-state index contributed by atoms with van der Waals surface area (Å²) in [4.78, 5) is 21.7. The van der Waals surface area contributed by atoms with Gasteiger partial charge in [-0.1, -0.05) is 6.92 Å². The van der Waals surface area contributed by atoms with Crippen LogP contribution in [0, 0.1) is 0 Å². The van der Waals surface area contributed by atoms with Crippen LogP contribution >= 0.6 is 0 Å². The Balaban J connectivity index is 4.40. The zero-order valence-corrected chi connectivity index (χ0v) is 12.6. The zero-order valence-electron chi connectivity index (χ0n) is 11.8. The van der Waals surface area contributed by atoms with Gasteiger partial charge in [0, 0.05) is 11.1 Å². The fourth-order valence-electron chi connectivity index (χ4n) is 1.81. The molecule has 1 rings (SSSR count). The molecule has 0 unspecified atom stereocenters. The Morgan fingerprint density at radius 3 is 1.44 bits per heavy atom. The average Bonchev–Trinajstić information content (AvgIpc) is 2.42. The minimum Gasteiger partial charge on any atom is -0.545 e. The number of pyridine rings is 1. The zero-order chi connectivity index (χ0) is 20.0. The molecule has 0 bridgehead atoms. The standard InChI is InChI=1S/C11H7F6NO6S/c1-2-25(23,24)5-3(8(19)20)6(10(12,13)14)18-7(11(15,16)17)4(5)9(21)22/h2H2,1H3,(H,19,20)(H,21,22)/p-2. The first kappa shape index (κ1) is 20.7. The molecule has 0 aliphatic rings. The molecule has 0 aromatic carbocycles. The van der Waals surface area contributed by atoms with Crippen LogP contribution in [0.3, 0.4) is 0 Å². The number of aromatic nitrogens is 1. The van der Waals surface area contributed by atoms with Crippen molar-refractivity contribution in [2.24, 2.45) is 0 Å². The number of carbonyl (C=O) groups excluding carboxylic acids is 2. The van der Waals surface area contributed by atoms with Gasteiger partial charge in [-0.05, 0) is 0 Å². The van der Waals surface area contributed by atoms with E-state index >= 15 is 0 Å². The number of sulfone groups is 1. The largest absolute Gasteiger partial charge is 0.545 e. The summed E-state index contributed by atoms with van der Waals surface area (Å²) in [6.07, 6.45) is -11.7. The van der Waals surface area contributed by atoms with Gasteiger partial charge in [0.15, 0.2) is 21.2 Å². The maximum atomic E-state index is 12.9. The molecule has 1 heterocycles. The molecule has 1 aromatic heterocycles. The van der Waals surface area contributed by atoms with Gasteiger partial charge in [0.05, 0.1) is 22.6 Å². The predicted molar refractivity (Wildman–Crippen MR) is 60.6 cm³/mol. The van der Waals surface area contributed by atoms with Gasteiger partial charge < -0.3 is 19.8 Å². The topological polar surface area (TPSA) is 127 Å². The number of halogens is 6. The number of aromatic carboxylic acids is 2. The quantitative estimate of drug-likeness (QED) is 0.639. The first-order valence-electron chi connectivity index (χ1n) is 5.93. The smallest absolute Gasteiger partial charge is 0.434 e. The average molecular weight is 393 g/mol. The van der Waals surface area contributed by atoms with Gasteiger partial charge in [-0.25, -0.2) is 13.4 Å². The molecule has 140 valence electrons. The van der Waals surface area contributed by atoms with Crippen LogP contribution in [0.25, 0.3) is 0 Å². The van der Waals surface area contributed by atoms with E-state index in [1.165, 1.54) is 0 Å². The van der Waals surface area contributed by atoms with Crippen LogP contribution in [0.5, 0.6) is 0 Å². The van der Waals surface area contributed by atoms with Crippen molar-refractivity contribution >= 4 is 21.8 Å². The molecule has 0 aliphatic carbocycles. The lowest BCUT2D eigenvalue weighted by molar-refractivity contribution is -0.257. The lowest BCUT2D eigenvalue weighted by Crippen LogP contribution is -2.36. The second kappa shape index (κ2) is 6.16. The van der Waals surface area contributed by atoms with E-state index in [1.54, 1.807) is 0 Å². The third-order valence-electron chi connectivity index (χ3n) is 2.79. The van der Waals surface area contributed by atoms with Gasteiger partial charge in [-0.2, -0.15) is 26.3 Å². The number of carboxylic acids is 2. The first-order chi connectivity index (χ1) is 11.1. The van der Waals surface area contributed by atoms with Gasteiger partial charge in [0.1, 0.15) is 0 Å². The number of hydrogen-bond donors (Lipinski definition) is 0. The second-order valence-corrected chi connectivity index (χ2v) is 6.58. The van der Waals surface area contributed by atoms with Crippen LogP contribution in [-0.4, -0.2) is 31.1 Å². The van der Waals surface area contributed by atoms with Gasteiger partial charge >= 0.3 is 12.4 Å². The molecule has 7 nitrogen and oxygen atoms in total. The molecule has 1 aromatic rings. The number of carboxylic acid groups (broad SMARTS) is 2. The van der Waals surface area contributed by atoms with Crippen molar-refractivity contribution in [2.75, 3.05) is 5.75 Å².